The first-order chi connectivity index (χ1) is 13.6. The Bertz CT molecular complexity index is 1090. The largest absolute Gasteiger partial charge is 0.359 e. The second-order valence-corrected chi connectivity index (χ2v) is 8.79. The molecule has 11 heteroatoms. The van der Waals surface area contributed by atoms with Crippen LogP contribution in [-0.4, -0.2) is 29.6 Å². The smallest absolute Gasteiger partial charge is 0.324 e. The average molecular weight is 416 g/mol. The minimum Gasteiger partial charge on any atom is -0.359 e. The predicted octanol–water partition coefficient (Wildman–Crippen LogP) is 3.21. The first-order valence-corrected chi connectivity index (χ1v) is 10.1. The van der Waals surface area contributed by atoms with Crippen molar-refractivity contribution in [3.8, 4) is 0 Å². The van der Waals surface area contributed by atoms with Gasteiger partial charge in [-0.25, -0.2) is 27.9 Å². The fraction of sp³-hybridized carbons (Fsp3) is 0.222. The van der Waals surface area contributed by atoms with Gasteiger partial charge in [-0.15, -0.1) is 0 Å². The first kappa shape index (κ1) is 20.3. The zero-order chi connectivity index (χ0) is 21.1. The van der Waals surface area contributed by atoms with Crippen molar-refractivity contribution in [1.82, 2.24) is 15.1 Å². The van der Waals surface area contributed by atoms with Crippen molar-refractivity contribution in [3.63, 3.8) is 0 Å². The number of nitrogens with one attached hydrogen (secondary N) is 3. The van der Waals surface area contributed by atoms with Crippen molar-refractivity contribution in [2.24, 2.45) is 0 Å². The molecule has 152 valence electrons. The number of urea groups is 1. The summed E-state index contributed by atoms with van der Waals surface area (Å²) in [6, 6.07) is 8.32. The fourth-order valence-electron chi connectivity index (χ4n) is 2.21. The molecule has 1 aromatic carbocycles. The van der Waals surface area contributed by atoms with Gasteiger partial charge in [0, 0.05) is 29.6 Å². The summed E-state index contributed by atoms with van der Waals surface area (Å²) in [6.45, 7) is 5.89. The molecule has 10 nitrogen and oxygen atoms in total. The van der Waals surface area contributed by atoms with Crippen LogP contribution < -0.4 is 15.4 Å². The first-order valence-electron chi connectivity index (χ1n) is 8.59. The van der Waals surface area contributed by atoms with E-state index in [0.717, 1.165) is 0 Å². The highest BCUT2D eigenvalue weighted by Gasteiger charge is 2.20. The van der Waals surface area contributed by atoms with Gasteiger partial charge in [0.25, 0.3) is 10.0 Å². The van der Waals surface area contributed by atoms with E-state index in [1.807, 2.05) is 20.8 Å². The van der Waals surface area contributed by atoms with Gasteiger partial charge in [0.2, 0.25) is 5.95 Å². The highest BCUT2D eigenvalue weighted by atomic mass is 32.2. The number of sulfonamides is 1. The Labute approximate surface area is 167 Å². The fourth-order valence-corrected chi connectivity index (χ4v) is 3.17. The summed E-state index contributed by atoms with van der Waals surface area (Å²) in [6.07, 6.45) is 2.85. The van der Waals surface area contributed by atoms with Gasteiger partial charge in [-0.2, -0.15) is 0 Å². The molecule has 0 aliphatic carbocycles. The number of aromatic nitrogens is 3. The molecule has 0 spiro atoms. The van der Waals surface area contributed by atoms with Crippen LogP contribution in [0, 0.1) is 0 Å². The summed E-state index contributed by atoms with van der Waals surface area (Å²) >= 11 is 0. The Morgan fingerprint density at radius 2 is 1.69 bits per heavy atom. The highest BCUT2D eigenvalue weighted by Crippen LogP contribution is 2.24. The standard InChI is InChI=1S/C18H20N6O4S/c1-18(2,3)14-11-15(23-28-14)22-17(25)21-12-5-7-13(8-6-12)29(26,27)24-16-19-9-4-10-20-16/h4-11H,1-3H3,(H,19,20,24)(H2,21,22,23,25). The molecule has 0 unspecified atom stereocenters. The Morgan fingerprint density at radius 1 is 1.03 bits per heavy atom. The Morgan fingerprint density at radius 3 is 2.28 bits per heavy atom. The van der Waals surface area contributed by atoms with Crippen LogP contribution in [0.25, 0.3) is 0 Å². The molecule has 0 saturated carbocycles. The molecule has 0 fully saturated rings. The Kier molecular flexibility index (Phi) is 5.50. The summed E-state index contributed by atoms with van der Waals surface area (Å²) in [7, 11) is -3.84. The average Bonchev–Trinajstić information content (AvgIpc) is 3.11. The number of amides is 2. The zero-order valence-corrected chi connectivity index (χ0v) is 16.8. The molecule has 0 saturated heterocycles. The number of benzene rings is 1. The molecule has 0 atom stereocenters. The molecule has 2 aromatic heterocycles. The lowest BCUT2D eigenvalue weighted by molar-refractivity contribution is 0.262. The van der Waals surface area contributed by atoms with Crippen LogP contribution in [0.4, 0.5) is 22.2 Å². The molecule has 2 heterocycles. The van der Waals surface area contributed by atoms with Crippen molar-refractivity contribution in [2.75, 3.05) is 15.4 Å². The van der Waals surface area contributed by atoms with E-state index in [-0.39, 0.29) is 22.1 Å². The third-order valence-corrected chi connectivity index (χ3v) is 5.05. The number of carbonyl (C=O) groups excluding carboxylic acids is 1. The molecular formula is C18H20N6O4S. The molecule has 3 N–H and O–H groups in total. The van der Waals surface area contributed by atoms with Gasteiger partial charge in [-0.1, -0.05) is 25.9 Å². The van der Waals surface area contributed by atoms with Crippen molar-refractivity contribution in [2.45, 2.75) is 31.1 Å². The van der Waals surface area contributed by atoms with Crippen LogP contribution in [0.2, 0.25) is 0 Å². The van der Waals surface area contributed by atoms with E-state index in [0.29, 0.717) is 11.4 Å². The van der Waals surface area contributed by atoms with Crippen molar-refractivity contribution in [3.05, 3.63) is 54.6 Å². The van der Waals surface area contributed by atoms with E-state index in [2.05, 4.69) is 30.5 Å². The second kappa shape index (κ2) is 7.87. The van der Waals surface area contributed by atoms with Crippen molar-refractivity contribution in [1.29, 1.82) is 0 Å². The van der Waals surface area contributed by atoms with Gasteiger partial charge in [-0.05, 0) is 30.3 Å². The van der Waals surface area contributed by atoms with Crippen LogP contribution >= 0.6 is 0 Å². The van der Waals surface area contributed by atoms with Crippen molar-refractivity contribution >= 4 is 33.5 Å². The van der Waals surface area contributed by atoms with E-state index in [1.54, 1.807) is 12.1 Å². The molecular weight excluding hydrogens is 396 g/mol. The van der Waals surface area contributed by atoms with E-state index in [9.17, 15) is 13.2 Å². The molecule has 3 aromatic rings. The van der Waals surface area contributed by atoms with Gasteiger partial charge in [0.1, 0.15) is 5.76 Å². The van der Waals surface area contributed by atoms with Crippen LogP contribution in [0.15, 0.2) is 58.2 Å². The summed E-state index contributed by atoms with van der Waals surface area (Å²) in [5.41, 5.74) is 0.167. The van der Waals surface area contributed by atoms with E-state index < -0.39 is 16.1 Å². The minimum atomic E-state index is -3.84. The third kappa shape index (κ3) is 5.29. The lowest BCUT2D eigenvalue weighted by atomic mass is 9.93. The Hall–Kier alpha value is -3.47. The number of anilines is 3. The highest BCUT2D eigenvalue weighted by molar-refractivity contribution is 7.92. The van der Waals surface area contributed by atoms with Crippen LogP contribution in [0.5, 0.6) is 0 Å². The monoisotopic (exact) mass is 416 g/mol. The summed E-state index contributed by atoms with van der Waals surface area (Å²) in [5.74, 6) is 0.882. The maximum Gasteiger partial charge on any atom is 0.324 e. The van der Waals surface area contributed by atoms with Gasteiger partial charge in [-0.3, -0.25) is 5.32 Å². The third-order valence-electron chi connectivity index (χ3n) is 3.70. The molecule has 2 amide bonds. The maximum absolute atomic E-state index is 12.4. The molecule has 29 heavy (non-hydrogen) atoms. The van der Waals surface area contributed by atoms with Crippen LogP contribution in [-0.2, 0) is 15.4 Å². The molecule has 3 rings (SSSR count). The number of hydrogen-bond donors (Lipinski definition) is 3. The molecule has 0 bridgehead atoms. The van der Waals surface area contributed by atoms with Gasteiger partial charge < -0.3 is 9.84 Å². The normalized spacial score (nSPS) is 11.7. The van der Waals surface area contributed by atoms with Gasteiger partial charge in [0.05, 0.1) is 4.90 Å². The van der Waals surface area contributed by atoms with Crippen LogP contribution in [0.3, 0.4) is 0 Å². The van der Waals surface area contributed by atoms with E-state index in [4.69, 9.17) is 4.52 Å². The summed E-state index contributed by atoms with van der Waals surface area (Å²) in [5, 5.41) is 8.96. The molecule has 0 aliphatic heterocycles. The van der Waals surface area contributed by atoms with Crippen LogP contribution in [0.1, 0.15) is 26.5 Å². The summed E-state index contributed by atoms with van der Waals surface area (Å²) in [4.78, 5) is 19.8. The predicted molar refractivity (Wildman–Crippen MR) is 107 cm³/mol. The lowest BCUT2D eigenvalue weighted by Crippen LogP contribution is -2.20. The van der Waals surface area contributed by atoms with E-state index >= 15 is 0 Å². The Balaban J connectivity index is 1.63. The van der Waals surface area contributed by atoms with Gasteiger partial charge >= 0.3 is 6.03 Å². The summed E-state index contributed by atoms with van der Waals surface area (Å²) < 4.78 is 32.2. The quantitative estimate of drug-likeness (QED) is 0.580. The SMILES string of the molecule is CC(C)(C)c1cc(NC(=O)Nc2ccc(S(=O)(=O)Nc3ncccn3)cc2)no1. The van der Waals surface area contributed by atoms with Gasteiger partial charge in [0.15, 0.2) is 5.82 Å². The molecule has 0 radical (unpaired) electrons. The lowest BCUT2D eigenvalue weighted by Gasteiger charge is -2.12. The van der Waals surface area contributed by atoms with Crippen molar-refractivity contribution < 1.29 is 17.7 Å². The number of carbonyl (C=O) groups is 1. The molecule has 0 aliphatic rings. The minimum absolute atomic E-state index is 0.00207. The zero-order valence-electron chi connectivity index (χ0n) is 16.0. The van der Waals surface area contributed by atoms with E-state index in [1.165, 1.54) is 36.7 Å². The maximum atomic E-state index is 12.4. The topological polar surface area (TPSA) is 139 Å². The number of hydrogen-bond acceptors (Lipinski definition) is 7. The second-order valence-electron chi connectivity index (χ2n) is 7.11. The number of rotatable bonds is 5. The number of nitrogens with zero attached hydrogens (tertiary/aromatic N) is 3.